The minimum Gasteiger partial charge on any atom is -0.467 e. The van der Waals surface area contributed by atoms with E-state index in [4.69, 9.17) is 24.5 Å². The van der Waals surface area contributed by atoms with Crippen LogP contribution in [0.5, 0.6) is 0 Å². The Bertz CT molecular complexity index is 695. The molecule has 6 atom stereocenters. The van der Waals surface area contributed by atoms with Gasteiger partial charge < -0.3 is 34.2 Å². The van der Waals surface area contributed by atoms with Crippen molar-refractivity contribution in [1.82, 2.24) is 5.32 Å². The van der Waals surface area contributed by atoms with Gasteiger partial charge in [-0.15, -0.1) is 0 Å². The standard InChI is InChI=1S/C17H26N4O8/c1-9(23)20-12-10(24)7-17(5-6-22,15(25)26-4)29-14(12)13-11(8-19-21-18)27-16(2,3)28-13/h6,10-14,24H,5,7-8H2,1-4H3,(H,20,23)/t10-,11+,12+,13+,14+,17+/m0/s1. The molecular weight excluding hydrogens is 388 g/mol. The predicted molar refractivity (Wildman–Crippen MR) is 96.4 cm³/mol. The van der Waals surface area contributed by atoms with Crippen LogP contribution >= 0.6 is 0 Å². The van der Waals surface area contributed by atoms with Crippen molar-refractivity contribution in [3.05, 3.63) is 10.4 Å². The number of nitrogens with one attached hydrogen (secondary N) is 1. The Morgan fingerprint density at radius 2 is 2.03 bits per heavy atom. The van der Waals surface area contributed by atoms with E-state index in [2.05, 4.69) is 15.3 Å². The molecule has 0 bridgehead atoms. The summed E-state index contributed by atoms with van der Waals surface area (Å²) in [6.07, 6.45) is -4.17. The van der Waals surface area contributed by atoms with E-state index < -0.39 is 53.7 Å². The maximum Gasteiger partial charge on any atom is 0.338 e. The van der Waals surface area contributed by atoms with E-state index in [1.165, 1.54) is 6.92 Å². The van der Waals surface area contributed by atoms with Crippen LogP contribution in [0.4, 0.5) is 0 Å². The molecule has 2 saturated heterocycles. The second kappa shape index (κ2) is 9.06. The molecule has 0 aromatic rings. The number of azide groups is 1. The molecule has 12 heteroatoms. The molecule has 2 fully saturated rings. The van der Waals surface area contributed by atoms with Crippen molar-refractivity contribution in [2.45, 2.75) is 75.5 Å². The average molecular weight is 414 g/mol. The Morgan fingerprint density at radius 3 is 2.59 bits per heavy atom. The van der Waals surface area contributed by atoms with Gasteiger partial charge in [-0.05, 0) is 19.4 Å². The molecule has 0 aromatic carbocycles. The van der Waals surface area contributed by atoms with Crippen molar-refractivity contribution >= 4 is 18.2 Å². The lowest BCUT2D eigenvalue weighted by Gasteiger charge is -2.47. The molecule has 0 saturated carbocycles. The second-order valence-electron chi connectivity index (χ2n) is 7.49. The highest BCUT2D eigenvalue weighted by Crippen LogP contribution is 2.40. The summed E-state index contributed by atoms with van der Waals surface area (Å²) in [4.78, 5) is 38.1. The first-order chi connectivity index (χ1) is 13.6. The van der Waals surface area contributed by atoms with Crippen molar-refractivity contribution in [3.63, 3.8) is 0 Å². The lowest BCUT2D eigenvalue weighted by Crippen LogP contribution is -2.67. The molecule has 2 aliphatic heterocycles. The number of rotatable bonds is 7. The van der Waals surface area contributed by atoms with Crippen LogP contribution in [0.2, 0.25) is 0 Å². The van der Waals surface area contributed by atoms with Crippen LogP contribution in [-0.2, 0) is 33.3 Å². The number of carbonyl (C=O) groups is 3. The number of aldehydes is 1. The normalized spacial score (nSPS) is 36.0. The number of ether oxygens (including phenoxy) is 4. The molecule has 162 valence electrons. The van der Waals surface area contributed by atoms with Gasteiger partial charge in [-0.3, -0.25) is 4.79 Å². The van der Waals surface area contributed by atoms with Gasteiger partial charge in [-0.25, -0.2) is 4.79 Å². The fourth-order valence-electron chi connectivity index (χ4n) is 3.82. The first-order valence-electron chi connectivity index (χ1n) is 9.10. The third-order valence-corrected chi connectivity index (χ3v) is 4.88. The first kappa shape index (κ1) is 23.0. The fourth-order valence-corrected chi connectivity index (χ4v) is 3.82. The number of hydrogen-bond donors (Lipinski definition) is 2. The molecule has 1 amide bonds. The Balaban J connectivity index is 2.47. The van der Waals surface area contributed by atoms with Crippen molar-refractivity contribution in [2.75, 3.05) is 13.7 Å². The van der Waals surface area contributed by atoms with Gasteiger partial charge in [0.05, 0.1) is 31.9 Å². The summed E-state index contributed by atoms with van der Waals surface area (Å²) in [5.74, 6) is -2.35. The molecular formula is C17H26N4O8. The predicted octanol–water partition coefficient (Wildman–Crippen LogP) is -0.0279. The Morgan fingerprint density at radius 1 is 1.34 bits per heavy atom. The maximum absolute atomic E-state index is 12.5. The van der Waals surface area contributed by atoms with E-state index in [1.54, 1.807) is 13.8 Å². The Hall–Kier alpha value is -2.24. The summed E-state index contributed by atoms with van der Waals surface area (Å²) in [7, 11) is 1.14. The number of nitrogens with zero attached hydrogens (tertiary/aromatic N) is 3. The van der Waals surface area contributed by atoms with E-state index in [0.29, 0.717) is 6.29 Å². The van der Waals surface area contributed by atoms with Crippen molar-refractivity contribution in [2.24, 2.45) is 5.11 Å². The molecule has 29 heavy (non-hydrogen) atoms. The lowest BCUT2D eigenvalue weighted by atomic mass is 9.82. The Labute approximate surface area is 167 Å². The molecule has 2 N–H and O–H groups in total. The van der Waals surface area contributed by atoms with Crippen LogP contribution in [0, 0.1) is 0 Å². The van der Waals surface area contributed by atoms with E-state index in [1.807, 2.05) is 0 Å². The van der Waals surface area contributed by atoms with Crippen LogP contribution in [0.15, 0.2) is 5.11 Å². The molecule has 2 heterocycles. The second-order valence-corrected chi connectivity index (χ2v) is 7.49. The molecule has 0 radical (unpaired) electrons. The van der Waals surface area contributed by atoms with Crippen molar-refractivity contribution < 1.29 is 38.4 Å². The van der Waals surface area contributed by atoms with Crippen LogP contribution in [0.1, 0.15) is 33.6 Å². The van der Waals surface area contributed by atoms with Gasteiger partial charge in [0.25, 0.3) is 0 Å². The van der Waals surface area contributed by atoms with Gasteiger partial charge in [0.15, 0.2) is 11.4 Å². The third kappa shape index (κ3) is 5.03. The van der Waals surface area contributed by atoms with E-state index in [-0.39, 0.29) is 19.4 Å². The number of aliphatic hydroxyl groups is 1. The summed E-state index contributed by atoms with van der Waals surface area (Å²) in [6, 6.07) is -0.965. The zero-order chi connectivity index (χ0) is 21.8. The SMILES string of the molecule is COC(=O)[C@@]1(CC=O)C[C@H](O)[C@@H](NC(C)=O)[C@H]([C@@H]2OC(C)(C)O[C@@H]2CN=[N+]=[N-])O1. The van der Waals surface area contributed by atoms with E-state index in [9.17, 15) is 19.5 Å². The molecule has 0 aromatic heterocycles. The molecule has 0 unspecified atom stereocenters. The highest BCUT2D eigenvalue weighted by atomic mass is 16.8. The molecule has 2 rings (SSSR count). The van der Waals surface area contributed by atoms with Gasteiger partial charge in [0, 0.05) is 24.7 Å². The highest BCUT2D eigenvalue weighted by Gasteiger charge is 2.58. The summed E-state index contributed by atoms with van der Waals surface area (Å²) in [6.45, 7) is 4.44. The molecule has 0 spiro atoms. The van der Waals surface area contributed by atoms with Crippen LogP contribution in [0.3, 0.4) is 0 Å². The number of amides is 1. The van der Waals surface area contributed by atoms with Gasteiger partial charge in [-0.2, -0.15) is 0 Å². The number of hydrogen-bond acceptors (Lipinski definition) is 9. The summed E-state index contributed by atoms with van der Waals surface area (Å²) in [5, 5.41) is 16.9. The molecule has 0 aliphatic carbocycles. The van der Waals surface area contributed by atoms with Crippen molar-refractivity contribution in [1.29, 1.82) is 0 Å². The maximum atomic E-state index is 12.5. The quantitative estimate of drug-likeness (QED) is 0.192. The number of methoxy groups -OCH3 is 1. The third-order valence-electron chi connectivity index (χ3n) is 4.88. The van der Waals surface area contributed by atoms with Crippen LogP contribution in [0.25, 0.3) is 10.4 Å². The van der Waals surface area contributed by atoms with Gasteiger partial charge in [-0.1, -0.05) is 5.11 Å². The zero-order valence-electron chi connectivity index (χ0n) is 16.7. The van der Waals surface area contributed by atoms with E-state index >= 15 is 0 Å². The fraction of sp³-hybridized carbons (Fsp3) is 0.824. The van der Waals surface area contributed by atoms with Gasteiger partial charge in [0.1, 0.15) is 18.5 Å². The molecule has 2 aliphatic rings. The summed E-state index contributed by atoms with van der Waals surface area (Å²) in [5.41, 5.74) is 6.90. The van der Waals surface area contributed by atoms with Gasteiger partial charge in [0.2, 0.25) is 5.91 Å². The van der Waals surface area contributed by atoms with Gasteiger partial charge >= 0.3 is 5.97 Å². The minimum absolute atomic E-state index is 0.105. The zero-order valence-corrected chi connectivity index (χ0v) is 16.7. The van der Waals surface area contributed by atoms with E-state index in [0.717, 1.165) is 7.11 Å². The summed E-state index contributed by atoms with van der Waals surface area (Å²) < 4.78 is 22.5. The molecule has 12 nitrogen and oxygen atoms in total. The summed E-state index contributed by atoms with van der Waals surface area (Å²) >= 11 is 0. The lowest BCUT2D eigenvalue weighted by molar-refractivity contribution is -0.231. The monoisotopic (exact) mass is 414 g/mol. The minimum atomic E-state index is -1.76. The first-order valence-corrected chi connectivity index (χ1v) is 9.10. The average Bonchev–Trinajstić information content (AvgIpc) is 2.95. The number of aliphatic hydroxyl groups excluding tert-OH is 1. The van der Waals surface area contributed by atoms with Crippen molar-refractivity contribution in [3.8, 4) is 0 Å². The highest BCUT2D eigenvalue weighted by molar-refractivity contribution is 5.83. The largest absolute Gasteiger partial charge is 0.467 e. The van der Waals surface area contributed by atoms with Crippen LogP contribution in [-0.4, -0.2) is 78.8 Å². The number of carbonyl (C=O) groups excluding carboxylic acids is 3. The number of esters is 1. The topological polar surface area (TPSA) is 169 Å². The van der Waals surface area contributed by atoms with Crippen LogP contribution < -0.4 is 5.32 Å². The Kier molecular flexibility index (Phi) is 7.20. The smallest absolute Gasteiger partial charge is 0.338 e.